The van der Waals surface area contributed by atoms with Gasteiger partial charge in [-0.3, -0.25) is 0 Å². The van der Waals surface area contributed by atoms with Crippen molar-refractivity contribution >= 4 is 49.7 Å². The van der Waals surface area contributed by atoms with Gasteiger partial charge in [0.05, 0.1) is 20.9 Å². The largest absolute Gasteiger partial charge is 0.399 e. The van der Waals surface area contributed by atoms with E-state index in [2.05, 4.69) is 4.98 Å². The summed E-state index contributed by atoms with van der Waals surface area (Å²) < 4.78 is 15.9. The zero-order valence-corrected chi connectivity index (χ0v) is 15.3. The van der Waals surface area contributed by atoms with E-state index in [0.717, 1.165) is 27.0 Å². The Balaban J connectivity index is 1.65. The number of anilines is 3. The maximum Gasteiger partial charge on any atom is 0.220 e. The van der Waals surface area contributed by atoms with Crippen molar-refractivity contribution in [3.8, 4) is 0 Å². The van der Waals surface area contributed by atoms with Crippen molar-refractivity contribution in [2.24, 2.45) is 0 Å². The van der Waals surface area contributed by atoms with E-state index in [4.69, 9.17) is 17.3 Å². The molecule has 6 heteroatoms. The Morgan fingerprint density at radius 1 is 1.00 bits per heavy atom. The van der Waals surface area contributed by atoms with Gasteiger partial charge in [-0.25, -0.2) is 4.98 Å². The van der Waals surface area contributed by atoms with Gasteiger partial charge < -0.3 is 5.73 Å². The first-order valence-corrected chi connectivity index (χ1v) is 9.24. The minimum Gasteiger partial charge on any atom is -0.399 e. The van der Waals surface area contributed by atoms with Gasteiger partial charge in [-0.2, -0.15) is 0 Å². The van der Waals surface area contributed by atoms with E-state index in [9.17, 15) is 0 Å². The van der Waals surface area contributed by atoms with Gasteiger partial charge in [0.1, 0.15) is 0 Å². The fourth-order valence-corrected chi connectivity index (χ4v) is 3.81. The number of nitrogen functional groups attached to an aromatic ring is 1. The second kappa shape index (κ2) is 6.94. The van der Waals surface area contributed by atoms with E-state index in [1.165, 1.54) is 11.3 Å². The van der Waals surface area contributed by atoms with Crippen LogP contribution in [0.3, 0.4) is 0 Å². The van der Waals surface area contributed by atoms with E-state index < -0.39 is 0 Å². The van der Waals surface area contributed by atoms with Crippen LogP contribution in [0.2, 0.25) is 5.02 Å². The fourth-order valence-electron chi connectivity index (χ4n) is 2.74. The number of rotatable bonds is 4. The van der Waals surface area contributed by atoms with Crippen LogP contribution in [0.1, 0.15) is 11.1 Å². The first-order valence-electron chi connectivity index (χ1n) is 8.04. The maximum absolute atomic E-state index is 15.0. The molecule has 0 bridgehead atoms. The molecule has 3 nitrogen and oxygen atoms in total. The van der Waals surface area contributed by atoms with Crippen LogP contribution < -0.4 is 10.9 Å². The molecule has 130 valence electrons. The van der Waals surface area contributed by atoms with Gasteiger partial charge in [0.25, 0.3) is 0 Å². The van der Waals surface area contributed by atoms with Gasteiger partial charge in [-0.1, -0.05) is 57.8 Å². The molecule has 1 aromatic heterocycles. The highest BCUT2D eigenvalue weighted by Crippen LogP contribution is 2.37. The first kappa shape index (κ1) is 16.8. The van der Waals surface area contributed by atoms with Crippen LogP contribution in [-0.2, 0) is 6.42 Å². The Morgan fingerprint density at radius 2 is 1.73 bits per heavy atom. The van der Waals surface area contributed by atoms with Gasteiger partial charge in [-0.15, -0.1) is 5.12 Å². The molecule has 26 heavy (non-hydrogen) atoms. The van der Waals surface area contributed by atoms with Crippen LogP contribution >= 0.6 is 22.9 Å². The van der Waals surface area contributed by atoms with Gasteiger partial charge in [-0.05, 0) is 53.9 Å². The van der Waals surface area contributed by atoms with Crippen molar-refractivity contribution in [3.63, 3.8) is 0 Å². The quantitative estimate of drug-likeness (QED) is 0.339. The molecule has 1 heterocycles. The Morgan fingerprint density at radius 3 is 2.50 bits per heavy atom. The number of hydrogen-bond acceptors (Lipinski definition) is 4. The number of fused-ring (bicyclic) bond motifs is 1. The van der Waals surface area contributed by atoms with Crippen LogP contribution in [0.5, 0.6) is 0 Å². The Bertz CT molecular complexity index is 1030. The smallest absolute Gasteiger partial charge is 0.220 e. The van der Waals surface area contributed by atoms with Crippen molar-refractivity contribution < 1.29 is 4.48 Å². The number of hydrogen-bond donors (Lipinski definition) is 1. The monoisotopic (exact) mass is 383 g/mol. The van der Waals surface area contributed by atoms with E-state index >= 15 is 4.48 Å². The van der Waals surface area contributed by atoms with Crippen molar-refractivity contribution in [3.05, 3.63) is 82.9 Å². The lowest BCUT2D eigenvalue weighted by molar-refractivity contribution is 0.504. The highest BCUT2D eigenvalue weighted by molar-refractivity contribution is 7.22. The van der Waals surface area contributed by atoms with Crippen molar-refractivity contribution in [2.45, 2.75) is 6.42 Å². The molecule has 0 radical (unpaired) electrons. The highest BCUT2D eigenvalue weighted by atomic mass is 35.5. The minimum atomic E-state index is 0.262. The molecule has 2 N–H and O–H groups in total. The zero-order chi connectivity index (χ0) is 18.1. The summed E-state index contributed by atoms with van der Waals surface area (Å²) in [5.74, 6) is 0. The SMILES string of the molecule is Nc1ccc(Cc2ccc(Cl)c(N(F)c3nc4ccccc4s3)c2)cc1. The molecule has 0 atom stereocenters. The molecule has 0 fully saturated rings. The molecular formula is C20H15ClFN3S. The molecule has 0 unspecified atom stereocenters. The molecule has 4 aromatic rings. The molecule has 0 spiro atoms. The van der Waals surface area contributed by atoms with E-state index in [0.29, 0.717) is 22.3 Å². The molecule has 0 saturated carbocycles. The van der Waals surface area contributed by atoms with Crippen LogP contribution in [0.25, 0.3) is 10.2 Å². The number of halogens is 2. The van der Waals surface area contributed by atoms with Crippen LogP contribution in [0, 0.1) is 0 Å². The third-order valence-corrected chi connectivity index (χ3v) is 5.38. The predicted octanol–water partition coefficient (Wildman–Crippen LogP) is 6.15. The molecule has 0 aliphatic heterocycles. The summed E-state index contributed by atoms with van der Waals surface area (Å²) in [5.41, 5.74) is 9.55. The van der Waals surface area contributed by atoms with Crippen molar-refractivity contribution in [1.29, 1.82) is 0 Å². The highest BCUT2D eigenvalue weighted by Gasteiger charge is 2.17. The molecule has 4 rings (SSSR count). The van der Waals surface area contributed by atoms with Gasteiger partial charge in [0, 0.05) is 5.69 Å². The lowest BCUT2D eigenvalue weighted by Gasteiger charge is -2.13. The molecule has 0 aliphatic carbocycles. The maximum atomic E-state index is 15.0. The van der Waals surface area contributed by atoms with Crippen LogP contribution in [0.15, 0.2) is 66.7 Å². The second-order valence-electron chi connectivity index (χ2n) is 5.95. The van der Waals surface area contributed by atoms with Crippen molar-refractivity contribution in [2.75, 3.05) is 10.9 Å². The zero-order valence-electron chi connectivity index (χ0n) is 13.7. The Kier molecular flexibility index (Phi) is 4.49. The third-order valence-electron chi connectivity index (χ3n) is 4.06. The molecule has 0 aliphatic rings. The topological polar surface area (TPSA) is 42.1 Å². The third kappa shape index (κ3) is 3.36. The average molecular weight is 384 g/mol. The van der Waals surface area contributed by atoms with Crippen LogP contribution in [0.4, 0.5) is 21.0 Å². The molecule has 0 amide bonds. The Labute approximate surface area is 159 Å². The number of nitrogens with zero attached hydrogens (tertiary/aromatic N) is 2. The summed E-state index contributed by atoms with van der Waals surface area (Å²) >= 11 is 7.53. The predicted molar refractivity (Wildman–Crippen MR) is 108 cm³/mol. The van der Waals surface area contributed by atoms with Gasteiger partial charge in [0.2, 0.25) is 5.13 Å². The number of benzene rings is 3. The summed E-state index contributed by atoms with van der Waals surface area (Å²) in [6.07, 6.45) is 0.665. The normalized spacial score (nSPS) is 11.0. The second-order valence-corrected chi connectivity index (χ2v) is 7.37. The fraction of sp³-hybridized carbons (Fsp3) is 0.0500. The number of nitrogens with two attached hydrogens (primary N) is 1. The molecular weight excluding hydrogens is 369 g/mol. The van der Waals surface area contributed by atoms with E-state index in [1.807, 2.05) is 54.6 Å². The lowest BCUT2D eigenvalue weighted by atomic mass is 10.0. The van der Waals surface area contributed by atoms with Gasteiger partial charge in [0.15, 0.2) is 0 Å². The number of aromatic nitrogens is 1. The summed E-state index contributed by atoms with van der Waals surface area (Å²) in [4.78, 5) is 4.35. The van der Waals surface area contributed by atoms with Crippen LogP contribution in [-0.4, -0.2) is 4.98 Å². The van der Waals surface area contributed by atoms with Gasteiger partial charge >= 0.3 is 0 Å². The average Bonchev–Trinajstić information content (AvgIpc) is 3.09. The summed E-state index contributed by atoms with van der Waals surface area (Å²) in [6, 6.07) is 20.6. The summed E-state index contributed by atoms with van der Waals surface area (Å²) in [7, 11) is 0. The van der Waals surface area contributed by atoms with E-state index in [-0.39, 0.29) is 5.13 Å². The number of thiazole rings is 1. The standard InChI is InChI=1S/C20H15ClFN3S/c21-16-10-7-14(11-13-5-8-15(23)9-6-13)12-18(16)25(22)20-24-17-3-1-2-4-19(17)26-20/h1-10,12H,11,23H2. The molecule has 3 aromatic carbocycles. The summed E-state index contributed by atoms with van der Waals surface area (Å²) in [5, 5.41) is 1.16. The minimum absolute atomic E-state index is 0.262. The molecule has 0 saturated heterocycles. The Hall–Kier alpha value is -2.63. The lowest BCUT2D eigenvalue weighted by Crippen LogP contribution is -2.04. The van der Waals surface area contributed by atoms with Crippen molar-refractivity contribution in [1.82, 2.24) is 4.98 Å². The summed E-state index contributed by atoms with van der Waals surface area (Å²) in [6.45, 7) is 0. The van der Waals surface area contributed by atoms with E-state index in [1.54, 1.807) is 12.1 Å². The first-order chi connectivity index (χ1) is 12.6. The number of para-hydroxylation sites is 1.